The molecule has 0 saturated heterocycles. The summed E-state index contributed by atoms with van der Waals surface area (Å²) in [6.45, 7) is 0. The van der Waals surface area contributed by atoms with E-state index in [1.54, 1.807) is 18.3 Å². The first-order valence-electron chi connectivity index (χ1n) is 7.92. The van der Waals surface area contributed by atoms with E-state index in [4.69, 9.17) is 5.73 Å². The second kappa shape index (κ2) is 7.57. The van der Waals surface area contributed by atoms with Crippen molar-refractivity contribution in [3.63, 3.8) is 0 Å². The van der Waals surface area contributed by atoms with Gasteiger partial charge in [0.2, 0.25) is 11.8 Å². The van der Waals surface area contributed by atoms with E-state index in [-0.39, 0.29) is 5.56 Å². The zero-order valence-corrected chi connectivity index (χ0v) is 13.7. The number of nitrogens with one attached hydrogen (secondary N) is 1. The van der Waals surface area contributed by atoms with Gasteiger partial charge < -0.3 is 11.1 Å². The highest BCUT2D eigenvalue weighted by Crippen LogP contribution is 2.18. The first-order chi connectivity index (χ1) is 12.6. The molecule has 0 aliphatic rings. The van der Waals surface area contributed by atoms with Crippen molar-refractivity contribution in [3.05, 3.63) is 83.8 Å². The highest BCUT2D eigenvalue weighted by atomic mass is 19.1. The van der Waals surface area contributed by atoms with E-state index >= 15 is 0 Å². The van der Waals surface area contributed by atoms with Gasteiger partial charge in [0.05, 0.1) is 5.52 Å². The molecule has 0 radical (unpaired) electrons. The maximum Gasteiger partial charge on any atom is 0.244 e. The van der Waals surface area contributed by atoms with E-state index in [1.807, 2.05) is 30.3 Å². The smallest absolute Gasteiger partial charge is 0.244 e. The summed E-state index contributed by atoms with van der Waals surface area (Å²) in [5, 5.41) is 3.37. The third kappa shape index (κ3) is 3.75. The first-order valence-corrected chi connectivity index (χ1v) is 7.92. The lowest BCUT2D eigenvalue weighted by Crippen LogP contribution is -2.37. The number of hydrogen-bond donors (Lipinski definition) is 2. The Morgan fingerprint density at radius 3 is 2.62 bits per heavy atom. The van der Waals surface area contributed by atoms with Crippen LogP contribution in [0.15, 0.2) is 66.9 Å². The summed E-state index contributed by atoms with van der Waals surface area (Å²) in [4.78, 5) is 28.1. The number of nitrogens with zero attached hydrogens (tertiary/aromatic N) is 1. The van der Waals surface area contributed by atoms with Gasteiger partial charge in [-0.05, 0) is 18.2 Å². The molecule has 1 heterocycles. The van der Waals surface area contributed by atoms with Crippen LogP contribution in [0.5, 0.6) is 0 Å². The second-order valence-corrected chi connectivity index (χ2v) is 5.62. The molecule has 3 rings (SSSR count). The number of benzene rings is 2. The monoisotopic (exact) mass is 349 g/mol. The topological polar surface area (TPSA) is 85.1 Å². The van der Waals surface area contributed by atoms with Crippen molar-refractivity contribution < 1.29 is 14.0 Å². The average Bonchev–Trinajstić information content (AvgIpc) is 2.65. The molecule has 5 nitrogen and oxygen atoms in total. The van der Waals surface area contributed by atoms with Gasteiger partial charge in [-0.1, -0.05) is 42.5 Å². The number of carbonyl (C=O) groups excluding carboxylic acids is 2. The predicted molar refractivity (Wildman–Crippen MR) is 97.3 cm³/mol. The lowest BCUT2D eigenvalue weighted by Gasteiger charge is -2.15. The lowest BCUT2D eigenvalue weighted by atomic mass is 10.1. The number of pyridine rings is 1. The van der Waals surface area contributed by atoms with Gasteiger partial charge in [-0.2, -0.15) is 0 Å². The average molecular weight is 349 g/mol. The standard InChI is InChI=1S/C20H16FN3O2/c21-16-9-2-1-8-15(16)19(20(22)26)24-17(25)11-10-14-6-3-5-13-7-4-12-23-18(13)14/h1-12,19H,(H2,22,26)(H,24,25). The lowest BCUT2D eigenvalue weighted by molar-refractivity contribution is -0.125. The van der Waals surface area contributed by atoms with Gasteiger partial charge in [0.15, 0.2) is 0 Å². The van der Waals surface area contributed by atoms with Crippen LogP contribution < -0.4 is 11.1 Å². The van der Waals surface area contributed by atoms with Gasteiger partial charge >= 0.3 is 0 Å². The molecule has 0 aliphatic heterocycles. The van der Waals surface area contributed by atoms with Crippen LogP contribution in [0.3, 0.4) is 0 Å². The summed E-state index contributed by atoms with van der Waals surface area (Å²) >= 11 is 0. The SMILES string of the molecule is NC(=O)C(NC(=O)C=Cc1cccc2cccnc12)c1ccccc1F. The molecule has 1 aromatic heterocycles. The normalized spacial score (nSPS) is 12.2. The molecular formula is C20H16FN3O2. The maximum absolute atomic E-state index is 13.9. The van der Waals surface area contributed by atoms with Gasteiger partial charge in [-0.3, -0.25) is 14.6 Å². The number of amides is 2. The number of nitrogens with two attached hydrogens (primary N) is 1. The third-order valence-electron chi connectivity index (χ3n) is 3.87. The Bertz CT molecular complexity index is 996. The number of hydrogen-bond acceptors (Lipinski definition) is 3. The van der Waals surface area contributed by atoms with E-state index in [2.05, 4.69) is 10.3 Å². The van der Waals surface area contributed by atoms with Crippen molar-refractivity contribution in [2.45, 2.75) is 6.04 Å². The van der Waals surface area contributed by atoms with E-state index in [9.17, 15) is 14.0 Å². The van der Waals surface area contributed by atoms with Crippen LogP contribution in [-0.2, 0) is 9.59 Å². The quantitative estimate of drug-likeness (QED) is 0.695. The predicted octanol–water partition coefficient (Wildman–Crippen LogP) is 2.73. The van der Waals surface area contributed by atoms with Crippen LogP contribution in [0.25, 0.3) is 17.0 Å². The van der Waals surface area contributed by atoms with Gasteiger partial charge in [0, 0.05) is 28.8 Å². The summed E-state index contributed by atoms with van der Waals surface area (Å²) < 4.78 is 13.9. The maximum atomic E-state index is 13.9. The van der Waals surface area contributed by atoms with E-state index < -0.39 is 23.7 Å². The molecule has 0 bridgehead atoms. The Morgan fingerprint density at radius 2 is 1.85 bits per heavy atom. The third-order valence-corrected chi connectivity index (χ3v) is 3.87. The molecule has 0 saturated carbocycles. The fourth-order valence-electron chi connectivity index (χ4n) is 2.63. The molecule has 1 atom stereocenters. The Kier molecular flexibility index (Phi) is 5.03. The molecule has 2 aromatic carbocycles. The molecule has 0 fully saturated rings. The fourth-order valence-corrected chi connectivity index (χ4v) is 2.63. The van der Waals surface area contributed by atoms with Crippen molar-refractivity contribution >= 4 is 28.8 Å². The van der Waals surface area contributed by atoms with Gasteiger partial charge in [-0.15, -0.1) is 0 Å². The van der Waals surface area contributed by atoms with Gasteiger partial charge in [0.25, 0.3) is 0 Å². The summed E-state index contributed by atoms with van der Waals surface area (Å²) in [6, 6.07) is 13.8. The molecule has 0 spiro atoms. The van der Waals surface area contributed by atoms with E-state index in [1.165, 1.54) is 24.3 Å². The summed E-state index contributed by atoms with van der Waals surface area (Å²) in [7, 11) is 0. The molecule has 3 N–H and O–H groups in total. The molecule has 1 unspecified atom stereocenters. The van der Waals surface area contributed by atoms with Crippen molar-refractivity contribution in [2.24, 2.45) is 5.73 Å². The Morgan fingerprint density at radius 1 is 1.08 bits per heavy atom. The number of para-hydroxylation sites is 1. The summed E-state index contributed by atoms with van der Waals surface area (Å²) in [6.07, 6.45) is 4.52. The first kappa shape index (κ1) is 17.3. The Labute approximate surface area is 149 Å². The highest BCUT2D eigenvalue weighted by Gasteiger charge is 2.22. The number of halogens is 1. The van der Waals surface area contributed by atoms with E-state index in [0.29, 0.717) is 0 Å². The number of rotatable bonds is 5. The largest absolute Gasteiger partial charge is 0.368 e. The number of fused-ring (bicyclic) bond motifs is 1. The van der Waals surface area contributed by atoms with Gasteiger partial charge in [0.1, 0.15) is 11.9 Å². The Hall–Kier alpha value is -3.54. The van der Waals surface area contributed by atoms with Crippen LogP contribution in [-0.4, -0.2) is 16.8 Å². The van der Waals surface area contributed by atoms with Crippen molar-refractivity contribution in [2.75, 3.05) is 0 Å². The van der Waals surface area contributed by atoms with Crippen molar-refractivity contribution in [1.82, 2.24) is 10.3 Å². The molecule has 2 amide bonds. The van der Waals surface area contributed by atoms with Crippen LogP contribution in [0.4, 0.5) is 4.39 Å². The summed E-state index contributed by atoms with van der Waals surface area (Å²) in [5.74, 6) is -2.02. The highest BCUT2D eigenvalue weighted by molar-refractivity contribution is 5.97. The zero-order chi connectivity index (χ0) is 18.5. The van der Waals surface area contributed by atoms with Crippen LogP contribution in [0.1, 0.15) is 17.2 Å². The van der Waals surface area contributed by atoms with Gasteiger partial charge in [-0.25, -0.2) is 4.39 Å². The summed E-state index contributed by atoms with van der Waals surface area (Å²) in [5.41, 5.74) is 6.83. The van der Waals surface area contributed by atoms with Crippen molar-refractivity contribution in [1.29, 1.82) is 0 Å². The molecule has 26 heavy (non-hydrogen) atoms. The molecule has 3 aromatic rings. The minimum absolute atomic E-state index is 0.0218. The van der Waals surface area contributed by atoms with Crippen molar-refractivity contribution in [3.8, 4) is 0 Å². The minimum atomic E-state index is -1.25. The number of primary amides is 1. The molecule has 130 valence electrons. The Balaban J connectivity index is 1.81. The molecule has 0 aliphatic carbocycles. The van der Waals surface area contributed by atoms with Crippen LogP contribution in [0, 0.1) is 5.82 Å². The minimum Gasteiger partial charge on any atom is -0.368 e. The number of carbonyl (C=O) groups is 2. The molecule has 6 heteroatoms. The number of aromatic nitrogens is 1. The second-order valence-electron chi connectivity index (χ2n) is 5.62. The fraction of sp³-hybridized carbons (Fsp3) is 0.0500. The zero-order valence-electron chi connectivity index (χ0n) is 13.7. The van der Waals surface area contributed by atoms with E-state index in [0.717, 1.165) is 16.5 Å². The van der Waals surface area contributed by atoms with Crippen LogP contribution in [0.2, 0.25) is 0 Å². The van der Waals surface area contributed by atoms with Crippen LogP contribution >= 0.6 is 0 Å². The molecular weight excluding hydrogens is 333 g/mol.